The second-order valence-electron chi connectivity index (χ2n) is 5.24. The number of hydrogen-bond acceptors (Lipinski definition) is 4. The van der Waals surface area contributed by atoms with Crippen LogP contribution in [-0.2, 0) is 4.74 Å². The first-order chi connectivity index (χ1) is 7.67. The number of nitrogens with zero attached hydrogens (tertiary/aromatic N) is 2. The van der Waals surface area contributed by atoms with E-state index >= 15 is 0 Å². The molecule has 0 aliphatic carbocycles. The van der Waals surface area contributed by atoms with Gasteiger partial charge in [-0.1, -0.05) is 0 Å². The van der Waals surface area contributed by atoms with Crippen molar-refractivity contribution >= 4 is 6.09 Å². The zero-order valence-electron chi connectivity index (χ0n) is 11.2. The number of aliphatic hydroxyl groups is 1. The number of carbonyl (C=O) groups is 1. The van der Waals surface area contributed by atoms with Crippen molar-refractivity contribution in [2.24, 2.45) is 0 Å². The SMILES string of the molecule is CC(C)N(CC(O)CC#N)C(=O)OC(C)(C)C. The van der Waals surface area contributed by atoms with Gasteiger partial charge in [0, 0.05) is 6.04 Å². The number of carbonyl (C=O) groups excluding carboxylic acids is 1. The third kappa shape index (κ3) is 6.80. The van der Waals surface area contributed by atoms with Crippen LogP contribution < -0.4 is 0 Å². The molecule has 5 nitrogen and oxygen atoms in total. The first kappa shape index (κ1) is 15.7. The van der Waals surface area contributed by atoms with Gasteiger partial charge in [0.15, 0.2) is 0 Å². The number of nitriles is 1. The third-order valence-electron chi connectivity index (χ3n) is 1.99. The Morgan fingerprint density at radius 1 is 1.47 bits per heavy atom. The van der Waals surface area contributed by atoms with Gasteiger partial charge in [-0.05, 0) is 34.6 Å². The molecule has 1 N–H and O–H groups in total. The molecule has 0 saturated carbocycles. The number of amides is 1. The lowest BCUT2D eigenvalue weighted by atomic mass is 10.2. The minimum atomic E-state index is -0.838. The lowest BCUT2D eigenvalue weighted by Crippen LogP contribution is -2.44. The van der Waals surface area contributed by atoms with Gasteiger partial charge in [-0.25, -0.2) is 4.79 Å². The van der Waals surface area contributed by atoms with Gasteiger partial charge in [-0.3, -0.25) is 0 Å². The molecule has 0 radical (unpaired) electrons. The molecule has 5 heteroatoms. The Balaban J connectivity index is 4.54. The molecule has 0 aliphatic rings. The zero-order valence-corrected chi connectivity index (χ0v) is 11.2. The fraction of sp³-hybridized carbons (Fsp3) is 0.833. The monoisotopic (exact) mass is 242 g/mol. The topological polar surface area (TPSA) is 73.6 Å². The highest BCUT2D eigenvalue weighted by molar-refractivity contribution is 5.68. The van der Waals surface area contributed by atoms with E-state index in [9.17, 15) is 9.90 Å². The highest BCUT2D eigenvalue weighted by atomic mass is 16.6. The van der Waals surface area contributed by atoms with Crippen LogP contribution in [0.2, 0.25) is 0 Å². The van der Waals surface area contributed by atoms with Gasteiger partial charge < -0.3 is 14.7 Å². The normalized spacial score (nSPS) is 13.1. The van der Waals surface area contributed by atoms with E-state index in [1.807, 2.05) is 19.9 Å². The van der Waals surface area contributed by atoms with Gasteiger partial charge in [0.05, 0.1) is 25.1 Å². The number of ether oxygens (including phenoxy) is 1. The maximum atomic E-state index is 11.8. The summed E-state index contributed by atoms with van der Waals surface area (Å²) in [7, 11) is 0. The van der Waals surface area contributed by atoms with Crippen molar-refractivity contribution in [1.82, 2.24) is 4.90 Å². The third-order valence-corrected chi connectivity index (χ3v) is 1.99. The van der Waals surface area contributed by atoms with E-state index in [1.165, 1.54) is 4.90 Å². The predicted molar refractivity (Wildman–Crippen MR) is 64.3 cm³/mol. The van der Waals surface area contributed by atoms with Crippen LogP contribution in [0.3, 0.4) is 0 Å². The Morgan fingerprint density at radius 2 is 2.00 bits per heavy atom. The molecule has 0 aromatic rings. The molecular formula is C12H22N2O3. The number of rotatable bonds is 4. The second-order valence-corrected chi connectivity index (χ2v) is 5.24. The van der Waals surface area contributed by atoms with Crippen LogP contribution in [0, 0.1) is 11.3 Å². The van der Waals surface area contributed by atoms with Crippen LogP contribution in [-0.4, -0.2) is 40.4 Å². The van der Waals surface area contributed by atoms with Crippen molar-refractivity contribution in [3.63, 3.8) is 0 Å². The largest absolute Gasteiger partial charge is 0.444 e. The van der Waals surface area contributed by atoms with E-state index in [4.69, 9.17) is 10.00 Å². The molecule has 0 fully saturated rings. The number of hydrogen-bond donors (Lipinski definition) is 1. The average molecular weight is 242 g/mol. The summed E-state index contributed by atoms with van der Waals surface area (Å²) in [6.45, 7) is 9.14. The van der Waals surface area contributed by atoms with Crippen LogP contribution in [0.5, 0.6) is 0 Å². The van der Waals surface area contributed by atoms with Gasteiger partial charge in [0.25, 0.3) is 0 Å². The van der Waals surface area contributed by atoms with Crippen molar-refractivity contribution in [2.45, 2.75) is 58.8 Å². The minimum Gasteiger partial charge on any atom is -0.444 e. The van der Waals surface area contributed by atoms with E-state index in [-0.39, 0.29) is 19.0 Å². The van der Waals surface area contributed by atoms with Gasteiger partial charge in [0.1, 0.15) is 5.60 Å². The Kier molecular flexibility index (Phi) is 5.97. The molecule has 0 rings (SSSR count). The molecule has 0 spiro atoms. The molecule has 0 aliphatic heterocycles. The lowest BCUT2D eigenvalue weighted by molar-refractivity contribution is 0.00793. The van der Waals surface area contributed by atoms with Crippen molar-refractivity contribution in [2.75, 3.05) is 6.54 Å². The van der Waals surface area contributed by atoms with Crippen molar-refractivity contribution in [3.8, 4) is 6.07 Å². The molecule has 0 aromatic heterocycles. The summed E-state index contributed by atoms with van der Waals surface area (Å²) in [5.74, 6) is 0. The van der Waals surface area contributed by atoms with Crippen LogP contribution in [0.15, 0.2) is 0 Å². The van der Waals surface area contributed by atoms with E-state index < -0.39 is 17.8 Å². The van der Waals surface area contributed by atoms with E-state index in [1.54, 1.807) is 20.8 Å². The average Bonchev–Trinajstić information content (AvgIpc) is 2.11. The quantitative estimate of drug-likeness (QED) is 0.817. The maximum Gasteiger partial charge on any atom is 0.410 e. The van der Waals surface area contributed by atoms with E-state index in [0.29, 0.717) is 0 Å². The Labute approximate surface area is 103 Å². The highest BCUT2D eigenvalue weighted by Gasteiger charge is 2.25. The highest BCUT2D eigenvalue weighted by Crippen LogP contribution is 2.12. The van der Waals surface area contributed by atoms with E-state index in [0.717, 1.165) is 0 Å². The van der Waals surface area contributed by atoms with Gasteiger partial charge >= 0.3 is 6.09 Å². The molecule has 0 saturated heterocycles. The van der Waals surface area contributed by atoms with E-state index in [2.05, 4.69) is 0 Å². The Bertz CT molecular complexity index is 289. The number of aliphatic hydroxyl groups excluding tert-OH is 1. The summed E-state index contributed by atoms with van der Waals surface area (Å²) < 4.78 is 5.23. The molecule has 0 bridgehead atoms. The molecule has 0 aromatic carbocycles. The Hall–Kier alpha value is -1.28. The standard InChI is InChI=1S/C12H22N2O3/c1-9(2)14(8-10(15)6-7-13)11(16)17-12(3,4)5/h9-10,15H,6,8H2,1-5H3. The Morgan fingerprint density at radius 3 is 2.35 bits per heavy atom. The van der Waals surface area contributed by atoms with Crippen LogP contribution in [0.25, 0.3) is 0 Å². The molecule has 0 heterocycles. The molecule has 1 atom stereocenters. The summed E-state index contributed by atoms with van der Waals surface area (Å²) in [6.07, 6.45) is -1.30. The fourth-order valence-corrected chi connectivity index (χ4v) is 1.21. The van der Waals surface area contributed by atoms with Gasteiger partial charge in [0.2, 0.25) is 0 Å². The van der Waals surface area contributed by atoms with Gasteiger partial charge in [-0.2, -0.15) is 5.26 Å². The molecule has 1 amide bonds. The molecule has 1 unspecified atom stereocenters. The van der Waals surface area contributed by atoms with Crippen molar-refractivity contribution in [1.29, 1.82) is 5.26 Å². The first-order valence-corrected chi connectivity index (χ1v) is 5.72. The maximum absolute atomic E-state index is 11.8. The summed E-state index contributed by atoms with van der Waals surface area (Å²) >= 11 is 0. The van der Waals surface area contributed by atoms with Crippen molar-refractivity contribution in [3.05, 3.63) is 0 Å². The van der Waals surface area contributed by atoms with Crippen LogP contribution >= 0.6 is 0 Å². The lowest BCUT2D eigenvalue weighted by Gasteiger charge is -2.31. The summed E-state index contributed by atoms with van der Waals surface area (Å²) in [5, 5.41) is 18.0. The van der Waals surface area contributed by atoms with Crippen LogP contribution in [0.4, 0.5) is 4.79 Å². The molecule has 98 valence electrons. The first-order valence-electron chi connectivity index (χ1n) is 5.72. The minimum absolute atomic E-state index is 0.00597. The predicted octanol–water partition coefficient (Wildman–Crippen LogP) is 1.91. The van der Waals surface area contributed by atoms with Crippen LogP contribution in [0.1, 0.15) is 41.0 Å². The molecule has 17 heavy (non-hydrogen) atoms. The molecular weight excluding hydrogens is 220 g/mol. The summed E-state index contributed by atoms with van der Waals surface area (Å²) in [5.41, 5.74) is -0.565. The summed E-state index contributed by atoms with van der Waals surface area (Å²) in [4.78, 5) is 13.3. The smallest absolute Gasteiger partial charge is 0.410 e. The fourth-order valence-electron chi connectivity index (χ4n) is 1.21. The van der Waals surface area contributed by atoms with Gasteiger partial charge in [-0.15, -0.1) is 0 Å². The summed E-state index contributed by atoms with van der Waals surface area (Å²) in [6, 6.07) is 1.79. The second kappa shape index (κ2) is 6.45. The van der Waals surface area contributed by atoms with Crippen molar-refractivity contribution < 1.29 is 14.6 Å². The zero-order chi connectivity index (χ0) is 13.6.